The van der Waals surface area contributed by atoms with Crippen molar-refractivity contribution in [3.05, 3.63) is 34.5 Å². The molecule has 2 aromatic rings. The van der Waals surface area contributed by atoms with Crippen molar-refractivity contribution in [1.29, 1.82) is 0 Å². The predicted octanol–water partition coefficient (Wildman–Crippen LogP) is 1.02. The van der Waals surface area contributed by atoms with Gasteiger partial charge in [-0.3, -0.25) is 0 Å². The molecule has 0 aromatic carbocycles. The Kier molecular flexibility index (Phi) is 4.59. The molecule has 0 bridgehead atoms. The number of nitrogens with zero attached hydrogens (tertiary/aromatic N) is 2. The van der Waals surface area contributed by atoms with E-state index in [1.165, 1.54) is 11.3 Å². The summed E-state index contributed by atoms with van der Waals surface area (Å²) in [6, 6.07) is 1.59. The quantitative estimate of drug-likeness (QED) is 0.833. The van der Waals surface area contributed by atoms with E-state index in [1.807, 2.05) is 12.3 Å². The second-order valence-corrected chi connectivity index (χ2v) is 7.30. The maximum atomic E-state index is 12.2. The molecule has 20 heavy (non-hydrogen) atoms. The van der Waals surface area contributed by atoms with Crippen LogP contribution in [0, 0.1) is 0 Å². The van der Waals surface area contributed by atoms with E-state index in [9.17, 15) is 8.42 Å². The molecule has 1 unspecified atom stereocenters. The summed E-state index contributed by atoms with van der Waals surface area (Å²) < 4.78 is 28.7. The number of hydrogen-bond acceptors (Lipinski definition) is 5. The Bertz CT molecular complexity index is 662. The molecule has 0 spiro atoms. The molecule has 0 aliphatic heterocycles. The summed E-state index contributed by atoms with van der Waals surface area (Å²) in [6.45, 7) is 2.57. The van der Waals surface area contributed by atoms with Crippen LogP contribution in [0.2, 0.25) is 0 Å². The van der Waals surface area contributed by atoms with Crippen LogP contribution in [0.15, 0.2) is 28.7 Å². The highest BCUT2D eigenvalue weighted by atomic mass is 32.2. The summed E-state index contributed by atoms with van der Waals surface area (Å²) in [4.78, 5) is 4.43. The Morgan fingerprint density at radius 1 is 1.55 bits per heavy atom. The van der Waals surface area contributed by atoms with Crippen LogP contribution >= 0.6 is 11.3 Å². The maximum Gasteiger partial charge on any atom is 0.242 e. The third kappa shape index (κ3) is 3.26. The third-order valence-corrected chi connectivity index (χ3v) is 5.45. The fourth-order valence-corrected chi connectivity index (χ4v) is 3.73. The Morgan fingerprint density at radius 2 is 2.30 bits per heavy atom. The molecule has 0 saturated carbocycles. The predicted molar refractivity (Wildman–Crippen MR) is 79.0 cm³/mol. The van der Waals surface area contributed by atoms with Crippen LogP contribution in [0.25, 0.3) is 0 Å². The van der Waals surface area contributed by atoms with Crippen molar-refractivity contribution >= 4 is 21.4 Å². The zero-order chi connectivity index (χ0) is 14.8. The van der Waals surface area contributed by atoms with E-state index in [1.54, 1.807) is 30.1 Å². The summed E-state index contributed by atoms with van der Waals surface area (Å²) >= 11 is 1.52. The molecule has 0 amide bonds. The lowest BCUT2D eigenvalue weighted by Gasteiger charge is -2.09. The zero-order valence-electron chi connectivity index (χ0n) is 11.4. The van der Waals surface area contributed by atoms with Gasteiger partial charge in [-0.1, -0.05) is 6.92 Å². The first-order valence-electron chi connectivity index (χ1n) is 6.18. The van der Waals surface area contributed by atoms with Crippen molar-refractivity contribution in [3.63, 3.8) is 0 Å². The lowest BCUT2D eigenvalue weighted by molar-refractivity contribution is 0.574. The molecule has 2 rings (SSSR count). The topological polar surface area (TPSA) is 90.0 Å². The largest absolute Gasteiger partial charge is 0.352 e. The molecule has 2 heterocycles. The smallest absolute Gasteiger partial charge is 0.242 e. The van der Waals surface area contributed by atoms with Crippen LogP contribution in [0.1, 0.15) is 23.5 Å². The summed E-state index contributed by atoms with van der Waals surface area (Å²) in [5.41, 5.74) is 6.33. The molecular formula is C12H18N4O2S2. The van der Waals surface area contributed by atoms with Crippen LogP contribution in [-0.4, -0.2) is 24.5 Å². The zero-order valence-corrected chi connectivity index (χ0v) is 13.0. The Labute approximate surface area is 122 Å². The van der Waals surface area contributed by atoms with Crippen LogP contribution in [0.5, 0.6) is 0 Å². The number of aryl methyl sites for hydroxylation is 1. The maximum absolute atomic E-state index is 12.2. The Morgan fingerprint density at radius 3 is 2.85 bits per heavy atom. The Hall–Kier alpha value is -1.22. The van der Waals surface area contributed by atoms with Gasteiger partial charge in [-0.2, -0.15) is 0 Å². The monoisotopic (exact) mass is 314 g/mol. The first-order chi connectivity index (χ1) is 9.44. The van der Waals surface area contributed by atoms with Crippen LogP contribution in [-0.2, 0) is 23.6 Å². The van der Waals surface area contributed by atoms with Gasteiger partial charge in [0.2, 0.25) is 10.0 Å². The highest BCUT2D eigenvalue weighted by Crippen LogP contribution is 2.18. The van der Waals surface area contributed by atoms with Crippen molar-refractivity contribution in [3.8, 4) is 0 Å². The lowest BCUT2D eigenvalue weighted by atomic mass is 10.2. The van der Waals surface area contributed by atoms with Crippen molar-refractivity contribution in [2.45, 2.75) is 24.3 Å². The minimum Gasteiger partial charge on any atom is -0.352 e. The number of sulfonamides is 1. The normalized spacial score (nSPS) is 13.6. The average molecular weight is 314 g/mol. The molecule has 2 aromatic heterocycles. The summed E-state index contributed by atoms with van der Waals surface area (Å²) in [5.74, 6) is 0.0440. The van der Waals surface area contributed by atoms with Gasteiger partial charge in [0, 0.05) is 49.5 Å². The van der Waals surface area contributed by atoms with E-state index < -0.39 is 10.0 Å². The number of aromatic nitrogens is 2. The minimum atomic E-state index is -3.51. The molecule has 6 nitrogen and oxygen atoms in total. The first kappa shape index (κ1) is 15.2. The summed E-state index contributed by atoms with van der Waals surface area (Å²) in [6.07, 6.45) is 3.29. The summed E-state index contributed by atoms with van der Waals surface area (Å²) in [7, 11) is -1.73. The second kappa shape index (κ2) is 6.04. The molecule has 1 atom stereocenters. The molecule has 0 radical (unpaired) electrons. The fraction of sp³-hybridized carbons (Fsp3) is 0.417. The molecular weight excluding hydrogens is 296 g/mol. The van der Waals surface area contributed by atoms with E-state index in [4.69, 9.17) is 5.73 Å². The molecule has 0 aliphatic carbocycles. The van der Waals surface area contributed by atoms with Gasteiger partial charge in [0.25, 0.3) is 0 Å². The number of hydrogen-bond donors (Lipinski definition) is 2. The second-order valence-electron chi connectivity index (χ2n) is 4.61. The highest BCUT2D eigenvalue weighted by molar-refractivity contribution is 7.89. The molecule has 3 N–H and O–H groups in total. The van der Waals surface area contributed by atoms with Gasteiger partial charge in [-0.05, 0) is 6.07 Å². The molecule has 0 fully saturated rings. The molecule has 110 valence electrons. The summed E-state index contributed by atoms with van der Waals surface area (Å²) in [5, 5.41) is 2.80. The first-order valence-corrected chi connectivity index (χ1v) is 8.54. The van der Waals surface area contributed by atoms with Crippen LogP contribution in [0.4, 0.5) is 0 Å². The van der Waals surface area contributed by atoms with Crippen molar-refractivity contribution in [2.75, 3.05) is 6.54 Å². The molecule has 0 saturated heterocycles. The van der Waals surface area contributed by atoms with Crippen molar-refractivity contribution in [2.24, 2.45) is 12.8 Å². The number of rotatable bonds is 6. The van der Waals surface area contributed by atoms with Gasteiger partial charge < -0.3 is 10.3 Å². The van der Waals surface area contributed by atoms with Crippen molar-refractivity contribution in [1.82, 2.24) is 14.3 Å². The number of nitrogens with one attached hydrogen (secondary N) is 1. The van der Waals surface area contributed by atoms with Gasteiger partial charge in [-0.15, -0.1) is 11.3 Å². The average Bonchev–Trinajstić information content (AvgIpc) is 3.05. The van der Waals surface area contributed by atoms with Gasteiger partial charge in [-0.25, -0.2) is 18.1 Å². The standard InChI is InChI=1S/C12H18N4O2S2/c1-9(12-14-3-4-19-12)7-15-20(17,18)11-5-10(6-13)16(2)8-11/h3-5,8-9,15H,6-7,13H2,1-2H3. The van der Waals surface area contributed by atoms with E-state index in [-0.39, 0.29) is 10.8 Å². The fourth-order valence-electron chi connectivity index (χ4n) is 1.81. The van der Waals surface area contributed by atoms with Crippen LogP contribution < -0.4 is 10.5 Å². The van der Waals surface area contributed by atoms with E-state index in [0.717, 1.165) is 10.7 Å². The van der Waals surface area contributed by atoms with Gasteiger partial charge in [0.1, 0.15) is 0 Å². The Balaban J connectivity index is 2.07. The van der Waals surface area contributed by atoms with Crippen molar-refractivity contribution < 1.29 is 8.42 Å². The van der Waals surface area contributed by atoms with E-state index in [2.05, 4.69) is 9.71 Å². The van der Waals surface area contributed by atoms with E-state index in [0.29, 0.717) is 13.1 Å². The number of thiazole rings is 1. The lowest BCUT2D eigenvalue weighted by Crippen LogP contribution is -2.27. The minimum absolute atomic E-state index is 0.0440. The number of nitrogens with two attached hydrogens (primary N) is 1. The van der Waals surface area contributed by atoms with Crippen LogP contribution in [0.3, 0.4) is 0 Å². The van der Waals surface area contributed by atoms with E-state index >= 15 is 0 Å². The van der Waals surface area contributed by atoms with Gasteiger partial charge in [0.05, 0.1) is 9.90 Å². The molecule has 8 heteroatoms. The van der Waals surface area contributed by atoms with Gasteiger partial charge in [0.15, 0.2) is 0 Å². The molecule has 0 aliphatic rings. The SMILES string of the molecule is CC(CNS(=O)(=O)c1cc(CN)n(C)c1)c1nccs1. The third-order valence-electron chi connectivity index (χ3n) is 3.05. The van der Waals surface area contributed by atoms with Gasteiger partial charge >= 0.3 is 0 Å². The highest BCUT2D eigenvalue weighted by Gasteiger charge is 2.19.